The second-order valence-electron chi connectivity index (χ2n) is 4.80. The highest BCUT2D eigenvalue weighted by molar-refractivity contribution is 14.0. The van der Waals surface area contributed by atoms with Crippen molar-refractivity contribution >= 4 is 35.9 Å². The predicted molar refractivity (Wildman–Crippen MR) is 103 cm³/mol. The fraction of sp³-hybridized carbons (Fsp3) is 0.857. The number of hydrogen-bond acceptors (Lipinski definition) is 2. The normalized spacial score (nSPS) is 11.9. The van der Waals surface area contributed by atoms with Crippen molar-refractivity contribution < 1.29 is 0 Å². The summed E-state index contributed by atoms with van der Waals surface area (Å²) >= 11 is 0. The van der Waals surface area contributed by atoms with E-state index in [0.29, 0.717) is 11.9 Å². The largest absolute Gasteiger partial charge is 0.370 e. The number of nitrogens with zero attached hydrogens (tertiary/aromatic N) is 2. The van der Waals surface area contributed by atoms with Gasteiger partial charge in [-0.1, -0.05) is 26.7 Å². The van der Waals surface area contributed by atoms with Gasteiger partial charge in [0.2, 0.25) is 0 Å². The van der Waals surface area contributed by atoms with Gasteiger partial charge in [0.1, 0.15) is 0 Å². The average molecular weight is 412 g/mol. The Hall–Kier alpha value is -0.730. The summed E-state index contributed by atoms with van der Waals surface area (Å²) in [5, 5.41) is 6.25. The molecule has 0 aliphatic carbocycles. The van der Waals surface area contributed by atoms with Crippen LogP contribution in [0.4, 0.5) is 0 Å². The Bertz CT molecular complexity index is 253. The van der Waals surface area contributed by atoms with E-state index in [9.17, 15) is 0 Å². The SMILES string of the molecule is CCCN=C(N)NCCCCCCNC(N)=NCCC.I. The van der Waals surface area contributed by atoms with Crippen LogP contribution in [0.25, 0.3) is 0 Å². The van der Waals surface area contributed by atoms with Crippen molar-refractivity contribution in [3.8, 4) is 0 Å². The number of unbranched alkanes of at least 4 members (excludes halogenated alkanes) is 3. The molecule has 0 heterocycles. The molecule has 0 atom stereocenters. The quantitative estimate of drug-likeness (QED) is 0.180. The molecule has 0 bridgehead atoms. The summed E-state index contributed by atoms with van der Waals surface area (Å²) in [6, 6.07) is 0. The maximum absolute atomic E-state index is 5.70. The van der Waals surface area contributed by atoms with Crippen molar-refractivity contribution in [3.63, 3.8) is 0 Å². The van der Waals surface area contributed by atoms with E-state index in [1.807, 2.05) is 0 Å². The van der Waals surface area contributed by atoms with Crippen LogP contribution in [-0.2, 0) is 0 Å². The van der Waals surface area contributed by atoms with Crippen molar-refractivity contribution in [2.24, 2.45) is 21.5 Å². The van der Waals surface area contributed by atoms with Gasteiger partial charge in [0, 0.05) is 26.2 Å². The van der Waals surface area contributed by atoms with Crippen LogP contribution in [0.1, 0.15) is 52.4 Å². The first-order chi connectivity index (χ1) is 9.70. The summed E-state index contributed by atoms with van der Waals surface area (Å²) in [6.07, 6.45) is 6.65. The van der Waals surface area contributed by atoms with Crippen LogP contribution < -0.4 is 22.1 Å². The minimum Gasteiger partial charge on any atom is -0.370 e. The molecule has 7 heteroatoms. The molecule has 0 radical (unpaired) electrons. The first-order valence-corrected chi connectivity index (χ1v) is 7.78. The molecule has 0 unspecified atom stereocenters. The van der Waals surface area contributed by atoms with Gasteiger partial charge in [0.15, 0.2) is 11.9 Å². The summed E-state index contributed by atoms with van der Waals surface area (Å²) in [5.74, 6) is 1.13. The number of aliphatic imine (C=N–C) groups is 2. The molecule has 0 amide bonds. The first-order valence-electron chi connectivity index (χ1n) is 7.78. The summed E-state index contributed by atoms with van der Waals surface area (Å²) in [6.45, 7) is 7.56. The number of nitrogens with two attached hydrogens (primary N) is 2. The highest BCUT2D eigenvalue weighted by atomic mass is 127. The van der Waals surface area contributed by atoms with Crippen LogP contribution in [0.15, 0.2) is 9.98 Å². The fourth-order valence-corrected chi connectivity index (χ4v) is 1.61. The lowest BCUT2D eigenvalue weighted by Crippen LogP contribution is -2.33. The standard InChI is InChI=1S/C14H32N6.HI/c1-3-9-17-13(15)19-11-7-5-6-8-12-20-14(16)18-10-4-2;/h3-12H2,1-2H3,(H3,15,17,19)(H3,16,18,20);1H. The van der Waals surface area contributed by atoms with Gasteiger partial charge in [-0.15, -0.1) is 24.0 Å². The molecule has 0 aromatic heterocycles. The van der Waals surface area contributed by atoms with Crippen LogP contribution in [0.2, 0.25) is 0 Å². The van der Waals surface area contributed by atoms with Gasteiger partial charge < -0.3 is 22.1 Å². The molecule has 0 rings (SSSR count). The predicted octanol–water partition coefficient (Wildman–Crippen LogP) is 1.79. The zero-order valence-corrected chi connectivity index (χ0v) is 15.9. The van der Waals surface area contributed by atoms with Gasteiger partial charge in [0.25, 0.3) is 0 Å². The monoisotopic (exact) mass is 412 g/mol. The molecule has 0 aliphatic rings. The minimum absolute atomic E-state index is 0. The molecule has 21 heavy (non-hydrogen) atoms. The highest BCUT2D eigenvalue weighted by Gasteiger charge is 1.94. The van der Waals surface area contributed by atoms with Crippen molar-refractivity contribution in [2.45, 2.75) is 52.4 Å². The summed E-state index contributed by atoms with van der Waals surface area (Å²) in [4.78, 5) is 8.36. The molecule has 126 valence electrons. The number of guanidine groups is 2. The van der Waals surface area contributed by atoms with Gasteiger partial charge in [0.05, 0.1) is 0 Å². The Labute approximate surface area is 146 Å². The molecule has 0 fully saturated rings. The summed E-state index contributed by atoms with van der Waals surface area (Å²) < 4.78 is 0. The second kappa shape index (κ2) is 17.3. The number of rotatable bonds is 11. The molecular weight excluding hydrogens is 379 g/mol. The van der Waals surface area contributed by atoms with E-state index in [1.165, 1.54) is 12.8 Å². The molecular formula is C14H33IN6. The van der Waals surface area contributed by atoms with Crippen molar-refractivity contribution in [1.82, 2.24) is 10.6 Å². The van der Waals surface area contributed by atoms with E-state index in [1.54, 1.807) is 0 Å². The Morgan fingerprint density at radius 2 is 1.14 bits per heavy atom. The Kier molecular flexibility index (Phi) is 18.6. The van der Waals surface area contributed by atoms with E-state index < -0.39 is 0 Å². The lowest BCUT2D eigenvalue weighted by molar-refractivity contribution is 0.621. The minimum atomic E-state index is 0. The van der Waals surface area contributed by atoms with Gasteiger partial charge >= 0.3 is 0 Å². The fourth-order valence-electron chi connectivity index (χ4n) is 1.61. The third kappa shape index (κ3) is 17.2. The number of halogens is 1. The van der Waals surface area contributed by atoms with Gasteiger partial charge in [-0.3, -0.25) is 9.98 Å². The van der Waals surface area contributed by atoms with E-state index in [4.69, 9.17) is 11.5 Å². The number of hydrogen-bond donors (Lipinski definition) is 4. The lowest BCUT2D eigenvalue weighted by atomic mass is 10.2. The van der Waals surface area contributed by atoms with Gasteiger partial charge in [-0.25, -0.2) is 0 Å². The van der Waals surface area contributed by atoms with Crippen LogP contribution in [0.5, 0.6) is 0 Å². The van der Waals surface area contributed by atoms with Crippen molar-refractivity contribution in [2.75, 3.05) is 26.2 Å². The summed E-state index contributed by atoms with van der Waals surface area (Å²) in [7, 11) is 0. The highest BCUT2D eigenvalue weighted by Crippen LogP contribution is 1.97. The maximum atomic E-state index is 5.70. The van der Waals surface area contributed by atoms with Crippen LogP contribution in [0, 0.1) is 0 Å². The maximum Gasteiger partial charge on any atom is 0.188 e. The van der Waals surface area contributed by atoms with Gasteiger partial charge in [-0.05, 0) is 25.7 Å². The third-order valence-electron chi connectivity index (χ3n) is 2.73. The van der Waals surface area contributed by atoms with E-state index in [0.717, 1.165) is 51.9 Å². The zero-order valence-electron chi connectivity index (χ0n) is 13.5. The number of nitrogens with one attached hydrogen (secondary N) is 2. The molecule has 0 saturated heterocycles. The first kappa shape index (κ1) is 22.5. The van der Waals surface area contributed by atoms with E-state index in [2.05, 4.69) is 34.5 Å². The average Bonchev–Trinajstić information content (AvgIpc) is 2.45. The molecule has 0 aromatic carbocycles. The van der Waals surface area contributed by atoms with Crippen molar-refractivity contribution in [3.05, 3.63) is 0 Å². The van der Waals surface area contributed by atoms with Gasteiger partial charge in [-0.2, -0.15) is 0 Å². The zero-order chi connectivity index (χ0) is 15.1. The molecule has 6 N–H and O–H groups in total. The molecule has 6 nitrogen and oxygen atoms in total. The molecule has 0 aromatic rings. The van der Waals surface area contributed by atoms with Crippen LogP contribution >= 0.6 is 24.0 Å². The topological polar surface area (TPSA) is 101 Å². The smallest absolute Gasteiger partial charge is 0.188 e. The van der Waals surface area contributed by atoms with Crippen LogP contribution in [0.3, 0.4) is 0 Å². The molecule has 0 saturated carbocycles. The Morgan fingerprint density at radius 3 is 1.48 bits per heavy atom. The van der Waals surface area contributed by atoms with Crippen LogP contribution in [-0.4, -0.2) is 38.1 Å². The third-order valence-corrected chi connectivity index (χ3v) is 2.73. The molecule has 0 aliphatic heterocycles. The Balaban J connectivity index is 0. The van der Waals surface area contributed by atoms with E-state index >= 15 is 0 Å². The lowest BCUT2D eigenvalue weighted by Gasteiger charge is -2.06. The Morgan fingerprint density at radius 1 is 0.762 bits per heavy atom. The molecule has 0 spiro atoms. The van der Waals surface area contributed by atoms with E-state index in [-0.39, 0.29) is 24.0 Å². The van der Waals surface area contributed by atoms with Crippen molar-refractivity contribution in [1.29, 1.82) is 0 Å². The summed E-state index contributed by atoms with van der Waals surface area (Å²) in [5.41, 5.74) is 11.4. The second-order valence-corrected chi connectivity index (χ2v) is 4.80.